The molecule has 3 aliphatic rings. The first-order valence-corrected chi connectivity index (χ1v) is 10.4. The van der Waals surface area contributed by atoms with E-state index < -0.39 is 11.9 Å². The van der Waals surface area contributed by atoms with Crippen LogP contribution >= 0.6 is 12.4 Å². The number of nitrogens with one attached hydrogen (secondary N) is 1. The van der Waals surface area contributed by atoms with E-state index in [1.807, 2.05) is 18.2 Å². The van der Waals surface area contributed by atoms with Crippen molar-refractivity contribution in [3.05, 3.63) is 58.7 Å². The van der Waals surface area contributed by atoms with Crippen LogP contribution in [-0.4, -0.2) is 41.1 Å². The Labute approximate surface area is 191 Å². The first kappa shape index (κ1) is 21.8. The fraction of sp³-hybridized carbons (Fsp3) is 0.304. The predicted octanol–water partition coefficient (Wildman–Crippen LogP) is 2.04. The van der Waals surface area contributed by atoms with Crippen LogP contribution in [0.1, 0.15) is 51.1 Å². The molecule has 2 aromatic rings. The van der Waals surface area contributed by atoms with Gasteiger partial charge in [-0.1, -0.05) is 12.1 Å². The van der Waals surface area contributed by atoms with Crippen LogP contribution in [0.4, 0.5) is 11.4 Å². The number of halogens is 1. The van der Waals surface area contributed by atoms with Crippen molar-refractivity contribution >= 4 is 47.4 Å². The number of aryl methyl sites for hydroxylation is 1. The summed E-state index contributed by atoms with van der Waals surface area (Å²) in [7, 11) is 0. The molecule has 9 heteroatoms. The average Bonchev–Trinajstić information content (AvgIpc) is 3.08. The monoisotopic (exact) mass is 454 g/mol. The maximum Gasteiger partial charge on any atom is 0.258 e. The molecule has 166 valence electrons. The molecule has 5 rings (SSSR count). The number of piperidine rings is 1. The number of hydrogen-bond donors (Lipinski definition) is 2. The molecule has 0 bridgehead atoms. The summed E-state index contributed by atoms with van der Waals surface area (Å²) in [6.45, 7) is 0.876. The number of hydrogen-bond acceptors (Lipinski definition) is 5. The smallest absolute Gasteiger partial charge is 0.258 e. The van der Waals surface area contributed by atoms with Crippen molar-refractivity contribution in [2.45, 2.75) is 38.3 Å². The van der Waals surface area contributed by atoms with E-state index in [0.29, 0.717) is 29.8 Å². The number of nitrogens with two attached hydrogens (primary N) is 1. The number of nitrogen functional groups attached to an aromatic ring is 1. The van der Waals surface area contributed by atoms with E-state index in [0.717, 1.165) is 29.7 Å². The molecule has 2 aromatic carbocycles. The van der Waals surface area contributed by atoms with Gasteiger partial charge in [0, 0.05) is 42.0 Å². The Morgan fingerprint density at radius 2 is 1.81 bits per heavy atom. The third-order valence-corrected chi connectivity index (χ3v) is 6.25. The lowest BCUT2D eigenvalue weighted by Crippen LogP contribution is -2.52. The zero-order valence-electron chi connectivity index (χ0n) is 17.3. The highest BCUT2D eigenvalue weighted by atomic mass is 35.5. The molecular weight excluding hydrogens is 432 g/mol. The maximum absolute atomic E-state index is 13.3. The quantitative estimate of drug-likeness (QED) is 0.532. The lowest BCUT2D eigenvalue weighted by atomic mass is 9.99. The van der Waals surface area contributed by atoms with Crippen molar-refractivity contribution in [1.82, 2.24) is 10.2 Å². The van der Waals surface area contributed by atoms with E-state index in [9.17, 15) is 19.2 Å². The molecule has 0 aromatic heterocycles. The molecule has 4 amide bonds. The predicted molar refractivity (Wildman–Crippen MR) is 121 cm³/mol. The number of fused-ring (bicyclic) bond motifs is 2. The highest BCUT2D eigenvalue weighted by Gasteiger charge is 2.39. The van der Waals surface area contributed by atoms with Crippen molar-refractivity contribution in [2.24, 2.45) is 0 Å². The fourth-order valence-electron chi connectivity index (χ4n) is 4.65. The molecule has 0 aliphatic carbocycles. The lowest BCUT2D eigenvalue weighted by molar-refractivity contribution is -0.136. The van der Waals surface area contributed by atoms with Crippen LogP contribution in [0.15, 0.2) is 36.4 Å². The summed E-state index contributed by atoms with van der Waals surface area (Å²) in [6.07, 6.45) is 2.26. The van der Waals surface area contributed by atoms with Crippen LogP contribution in [0, 0.1) is 0 Å². The molecule has 1 unspecified atom stereocenters. The molecule has 1 saturated heterocycles. The van der Waals surface area contributed by atoms with Gasteiger partial charge < -0.3 is 15.5 Å². The largest absolute Gasteiger partial charge is 0.399 e. The number of nitrogens with zero attached hydrogens (tertiary/aromatic N) is 2. The molecule has 3 aliphatic heterocycles. The minimum atomic E-state index is -0.673. The van der Waals surface area contributed by atoms with Gasteiger partial charge >= 0.3 is 0 Å². The third kappa shape index (κ3) is 3.60. The van der Waals surface area contributed by atoms with Crippen LogP contribution in [0.25, 0.3) is 0 Å². The first-order valence-electron chi connectivity index (χ1n) is 10.4. The van der Waals surface area contributed by atoms with Gasteiger partial charge in [0.2, 0.25) is 11.8 Å². The third-order valence-electron chi connectivity index (χ3n) is 6.25. The minimum absolute atomic E-state index is 0. The van der Waals surface area contributed by atoms with Crippen LogP contribution in [-0.2, 0) is 22.6 Å². The number of carbonyl (C=O) groups is 4. The second-order valence-corrected chi connectivity index (χ2v) is 8.22. The Bertz CT molecular complexity index is 1150. The van der Waals surface area contributed by atoms with E-state index in [2.05, 4.69) is 5.32 Å². The molecular formula is C23H23ClN4O4. The molecule has 32 heavy (non-hydrogen) atoms. The van der Waals surface area contributed by atoms with Crippen LogP contribution in [0.2, 0.25) is 0 Å². The van der Waals surface area contributed by atoms with Crippen LogP contribution in [0.3, 0.4) is 0 Å². The highest BCUT2D eigenvalue weighted by Crippen LogP contribution is 2.32. The average molecular weight is 455 g/mol. The first-order chi connectivity index (χ1) is 14.9. The van der Waals surface area contributed by atoms with Crippen LogP contribution < -0.4 is 16.0 Å². The van der Waals surface area contributed by atoms with Crippen molar-refractivity contribution in [2.75, 3.05) is 17.2 Å². The Morgan fingerprint density at radius 1 is 1.03 bits per heavy atom. The summed E-state index contributed by atoms with van der Waals surface area (Å²) < 4.78 is 0. The Kier molecular flexibility index (Phi) is 5.64. The summed E-state index contributed by atoms with van der Waals surface area (Å²) in [6, 6.07) is 10.0. The van der Waals surface area contributed by atoms with Gasteiger partial charge in [-0.05, 0) is 54.7 Å². The molecule has 0 spiro atoms. The minimum Gasteiger partial charge on any atom is -0.399 e. The topological polar surface area (TPSA) is 113 Å². The van der Waals surface area contributed by atoms with E-state index in [4.69, 9.17) is 5.73 Å². The SMILES string of the molecule is Cl.Nc1ccc2c(c1)N(C(=O)c1ccc3c(c1)C(=O)N(C1CCC(=O)NC1=O)C3)CCC2. The van der Waals surface area contributed by atoms with E-state index >= 15 is 0 Å². The second kappa shape index (κ2) is 8.27. The number of rotatable bonds is 2. The summed E-state index contributed by atoms with van der Waals surface area (Å²) in [5, 5.41) is 2.30. The van der Waals surface area contributed by atoms with Crippen LogP contribution in [0.5, 0.6) is 0 Å². The standard InChI is InChI=1S/C23H22N4O4.ClH/c24-16-6-5-13-2-1-9-26(19(13)11-16)22(30)14-3-4-15-12-27(23(31)17(15)10-14)18-7-8-20(28)25-21(18)29;/h3-6,10-11,18H,1-2,7-9,12,24H2,(H,25,28,29);1H. The Balaban J connectivity index is 0.00000245. The van der Waals surface area contributed by atoms with Gasteiger partial charge in [-0.15, -0.1) is 12.4 Å². The van der Waals surface area contributed by atoms with Gasteiger partial charge in [0.25, 0.3) is 11.8 Å². The van der Waals surface area contributed by atoms with Gasteiger partial charge in [-0.2, -0.15) is 0 Å². The Morgan fingerprint density at radius 3 is 2.59 bits per heavy atom. The number of anilines is 2. The molecule has 1 fully saturated rings. The van der Waals surface area contributed by atoms with Gasteiger partial charge in [-0.3, -0.25) is 24.5 Å². The number of benzene rings is 2. The number of carbonyl (C=O) groups excluding carboxylic acids is 4. The molecule has 8 nitrogen and oxygen atoms in total. The fourth-order valence-corrected chi connectivity index (χ4v) is 4.65. The van der Waals surface area contributed by atoms with Crippen molar-refractivity contribution in [1.29, 1.82) is 0 Å². The molecule has 1 atom stereocenters. The lowest BCUT2D eigenvalue weighted by Gasteiger charge is -2.30. The normalized spacial score (nSPS) is 19.8. The van der Waals surface area contributed by atoms with Gasteiger partial charge in [0.1, 0.15) is 6.04 Å². The molecule has 3 N–H and O–H groups in total. The van der Waals surface area contributed by atoms with E-state index in [1.54, 1.807) is 23.1 Å². The number of imide groups is 1. The summed E-state index contributed by atoms with van der Waals surface area (Å²) in [5.74, 6) is -1.24. The molecule has 3 heterocycles. The zero-order valence-corrected chi connectivity index (χ0v) is 18.1. The van der Waals surface area contributed by atoms with Gasteiger partial charge in [-0.25, -0.2) is 0 Å². The maximum atomic E-state index is 13.3. The highest BCUT2D eigenvalue weighted by molar-refractivity contribution is 6.10. The second-order valence-electron chi connectivity index (χ2n) is 8.22. The van der Waals surface area contributed by atoms with Crippen molar-refractivity contribution in [3.8, 4) is 0 Å². The van der Waals surface area contributed by atoms with E-state index in [-0.39, 0.29) is 43.1 Å². The van der Waals surface area contributed by atoms with Gasteiger partial charge in [0.05, 0.1) is 0 Å². The number of amides is 4. The van der Waals surface area contributed by atoms with Crippen molar-refractivity contribution in [3.63, 3.8) is 0 Å². The molecule has 0 saturated carbocycles. The summed E-state index contributed by atoms with van der Waals surface area (Å²) in [4.78, 5) is 53.2. The molecule has 0 radical (unpaired) electrons. The van der Waals surface area contributed by atoms with E-state index in [1.165, 1.54) is 4.90 Å². The zero-order chi connectivity index (χ0) is 21.7. The van der Waals surface area contributed by atoms with Crippen molar-refractivity contribution < 1.29 is 19.2 Å². The summed E-state index contributed by atoms with van der Waals surface area (Å²) in [5.41, 5.74) is 10.1. The summed E-state index contributed by atoms with van der Waals surface area (Å²) >= 11 is 0. The Hall–Kier alpha value is -3.39. The van der Waals surface area contributed by atoms with Gasteiger partial charge in [0.15, 0.2) is 0 Å².